The Kier molecular flexibility index (Phi) is 5.43. The van der Waals surface area contributed by atoms with E-state index in [2.05, 4.69) is 38.3 Å². The number of fused-ring (bicyclic) bond motifs is 5. The summed E-state index contributed by atoms with van der Waals surface area (Å²) in [5, 5.41) is 5.62. The van der Waals surface area contributed by atoms with Crippen LogP contribution in [0.4, 0.5) is 10.2 Å². The molecule has 1 aliphatic carbocycles. The van der Waals surface area contributed by atoms with E-state index in [0.29, 0.717) is 41.7 Å². The lowest BCUT2D eigenvalue weighted by Crippen LogP contribution is -2.51. The third-order valence-corrected chi connectivity index (χ3v) is 10.6. The number of hydrogen-bond donors (Lipinski definition) is 2. The summed E-state index contributed by atoms with van der Waals surface area (Å²) < 4.78 is 23.2. The maximum absolute atomic E-state index is 16.8. The first-order valence-corrected chi connectivity index (χ1v) is 15.6. The summed E-state index contributed by atoms with van der Waals surface area (Å²) >= 11 is 0. The van der Waals surface area contributed by atoms with Crippen LogP contribution in [0.15, 0.2) is 36.5 Å². The minimum Gasteiger partial charge on any atom is -0.461 e. The summed E-state index contributed by atoms with van der Waals surface area (Å²) in [4.78, 5) is 18.1. The number of nitrogens with one attached hydrogen (secondary N) is 2. The van der Waals surface area contributed by atoms with Gasteiger partial charge in [-0.3, -0.25) is 4.90 Å². The smallest absolute Gasteiger partial charge is 0.319 e. The fraction of sp³-hybridized carbons (Fsp3) is 0.515. The van der Waals surface area contributed by atoms with Crippen LogP contribution in [-0.4, -0.2) is 70.3 Å². The molecule has 6 heterocycles. The molecule has 0 amide bonds. The van der Waals surface area contributed by atoms with Gasteiger partial charge in [0.25, 0.3) is 0 Å². The molecule has 0 spiro atoms. The number of anilines is 1. The van der Waals surface area contributed by atoms with E-state index >= 15 is 4.39 Å². The second kappa shape index (κ2) is 9.13. The number of benzene rings is 2. The molecule has 4 aromatic rings. The molecule has 4 saturated heterocycles. The van der Waals surface area contributed by atoms with Crippen molar-refractivity contribution in [2.24, 2.45) is 0 Å². The number of aromatic nitrogens is 3. The molecule has 0 radical (unpaired) electrons. The van der Waals surface area contributed by atoms with E-state index in [0.717, 1.165) is 66.7 Å². The Morgan fingerprint density at radius 1 is 0.951 bits per heavy atom. The van der Waals surface area contributed by atoms with Gasteiger partial charge in [-0.2, -0.15) is 9.97 Å². The largest absolute Gasteiger partial charge is 0.461 e. The average Bonchev–Trinajstić information content (AvgIpc) is 3.26. The highest BCUT2D eigenvalue weighted by atomic mass is 19.1. The Bertz CT molecular complexity index is 1640. The van der Waals surface area contributed by atoms with Gasteiger partial charge in [0, 0.05) is 58.8 Å². The zero-order chi connectivity index (χ0) is 27.1. The van der Waals surface area contributed by atoms with E-state index in [9.17, 15) is 0 Å². The standard InChI is InChI=1S/C33H37FN6O/c34-29-24(26-16-35-27-5-1-4-23(28(26)27)20-6-7-20)10-11-25-30(29)37-32(41-19-33-12-2-14-40(33)15-3-13-33)38-31(25)39-17-21-8-9-22(18-39)36-21/h1,4-5,10-11,16,20-22,35-36H,2-3,6-9,12-15,17-19H2/t21-,22+. The maximum Gasteiger partial charge on any atom is 0.319 e. The summed E-state index contributed by atoms with van der Waals surface area (Å²) in [5.74, 6) is 1.08. The van der Waals surface area contributed by atoms with Crippen LogP contribution in [0.1, 0.15) is 62.8 Å². The molecule has 5 fully saturated rings. The van der Waals surface area contributed by atoms with E-state index in [1.54, 1.807) is 0 Å². The molecule has 9 rings (SSSR count). The molecular weight excluding hydrogens is 515 g/mol. The summed E-state index contributed by atoms with van der Waals surface area (Å²) in [6, 6.07) is 11.6. The molecule has 7 nitrogen and oxygen atoms in total. The lowest BCUT2D eigenvalue weighted by atomic mass is 9.95. The predicted octanol–water partition coefficient (Wildman–Crippen LogP) is 5.74. The van der Waals surface area contributed by atoms with Gasteiger partial charge in [-0.15, -0.1) is 0 Å². The number of H-pyrrole nitrogens is 1. The van der Waals surface area contributed by atoms with Crippen LogP contribution in [0.25, 0.3) is 32.9 Å². The molecule has 2 N–H and O–H groups in total. The third-order valence-electron chi connectivity index (χ3n) is 10.6. The van der Waals surface area contributed by atoms with Gasteiger partial charge in [0.1, 0.15) is 17.9 Å². The Hall–Kier alpha value is -3.23. The monoisotopic (exact) mass is 552 g/mol. The number of rotatable bonds is 6. The third kappa shape index (κ3) is 3.90. The van der Waals surface area contributed by atoms with Crippen molar-refractivity contribution in [1.29, 1.82) is 0 Å². The highest BCUT2D eigenvalue weighted by Crippen LogP contribution is 2.46. The quantitative estimate of drug-likeness (QED) is 0.318. The molecule has 8 heteroatoms. The van der Waals surface area contributed by atoms with Crippen molar-refractivity contribution in [3.8, 4) is 17.1 Å². The number of aromatic amines is 1. The number of ether oxygens (including phenoxy) is 1. The van der Waals surface area contributed by atoms with Gasteiger partial charge in [-0.25, -0.2) is 4.39 Å². The second-order valence-corrected chi connectivity index (χ2v) is 13.1. The van der Waals surface area contributed by atoms with Crippen LogP contribution in [0, 0.1) is 5.82 Å². The van der Waals surface area contributed by atoms with Gasteiger partial charge < -0.3 is 19.9 Å². The molecule has 0 unspecified atom stereocenters. The molecule has 2 atom stereocenters. The molecule has 2 bridgehead atoms. The van der Waals surface area contributed by atoms with Crippen LogP contribution in [0.2, 0.25) is 0 Å². The zero-order valence-electron chi connectivity index (χ0n) is 23.5. The topological polar surface area (TPSA) is 69.3 Å². The first kappa shape index (κ1) is 24.4. The van der Waals surface area contributed by atoms with Crippen molar-refractivity contribution >= 4 is 27.6 Å². The summed E-state index contributed by atoms with van der Waals surface area (Å²) in [6.45, 7) is 4.59. The molecule has 4 aliphatic heterocycles. The molecular formula is C33H37FN6O. The number of piperazine rings is 1. The van der Waals surface area contributed by atoms with Crippen LogP contribution in [0.5, 0.6) is 6.01 Å². The van der Waals surface area contributed by atoms with Crippen LogP contribution >= 0.6 is 0 Å². The number of halogens is 1. The second-order valence-electron chi connectivity index (χ2n) is 13.1. The van der Waals surface area contributed by atoms with Gasteiger partial charge in [-0.1, -0.05) is 18.2 Å². The van der Waals surface area contributed by atoms with Crippen molar-refractivity contribution in [3.05, 3.63) is 47.9 Å². The van der Waals surface area contributed by atoms with Crippen molar-refractivity contribution in [2.75, 3.05) is 37.7 Å². The Morgan fingerprint density at radius 2 is 1.76 bits per heavy atom. The first-order chi connectivity index (χ1) is 20.1. The van der Waals surface area contributed by atoms with Gasteiger partial charge in [0.2, 0.25) is 0 Å². The fourth-order valence-corrected chi connectivity index (χ4v) is 8.43. The highest BCUT2D eigenvalue weighted by Gasteiger charge is 2.45. The van der Waals surface area contributed by atoms with Crippen molar-refractivity contribution in [1.82, 2.24) is 25.2 Å². The highest BCUT2D eigenvalue weighted by molar-refractivity contribution is 6.01. The van der Waals surface area contributed by atoms with Gasteiger partial charge in [0.15, 0.2) is 5.82 Å². The van der Waals surface area contributed by atoms with E-state index in [1.807, 2.05) is 18.3 Å². The number of nitrogens with zero attached hydrogens (tertiary/aromatic N) is 4. The van der Waals surface area contributed by atoms with Gasteiger partial charge in [-0.05, 0) is 88.1 Å². The van der Waals surface area contributed by atoms with E-state index in [-0.39, 0.29) is 11.4 Å². The van der Waals surface area contributed by atoms with Crippen molar-refractivity contribution in [3.63, 3.8) is 0 Å². The van der Waals surface area contributed by atoms with Crippen LogP contribution in [-0.2, 0) is 0 Å². The Labute approximate surface area is 239 Å². The van der Waals surface area contributed by atoms with Gasteiger partial charge in [0.05, 0.1) is 5.54 Å². The van der Waals surface area contributed by atoms with E-state index in [1.165, 1.54) is 44.1 Å². The normalized spacial score (nSPS) is 25.4. The first-order valence-electron chi connectivity index (χ1n) is 15.6. The summed E-state index contributed by atoms with van der Waals surface area (Å²) in [6.07, 6.45) is 11.4. The zero-order valence-corrected chi connectivity index (χ0v) is 23.5. The van der Waals surface area contributed by atoms with Crippen LogP contribution < -0.4 is 15.0 Å². The minimum atomic E-state index is -0.290. The molecule has 212 valence electrons. The maximum atomic E-state index is 16.8. The summed E-state index contributed by atoms with van der Waals surface area (Å²) in [7, 11) is 0. The predicted molar refractivity (Wildman–Crippen MR) is 159 cm³/mol. The van der Waals surface area contributed by atoms with Crippen molar-refractivity contribution < 1.29 is 9.13 Å². The van der Waals surface area contributed by atoms with Crippen molar-refractivity contribution in [2.45, 2.75) is 74.9 Å². The molecule has 2 aromatic heterocycles. The van der Waals surface area contributed by atoms with E-state index < -0.39 is 0 Å². The van der Waals surface area contributed by atoms with Crippen LogP contribution in [0.3, 0.4) is 0 Å². The lowest BCUT2D eigenvalue weighted by Gasteiger charge is -2.34. The fourth-order valence-electron chi connectivity index (χ4n) is 8.43. The average molecular weight is 553 g/mol. The Morgan fingerprint density at radius 3 is 2.54 bits per heavy atom. The Balaban J connectivity index is 1.16. The molecule has 2 aromatic carbocycles. The molecule has 1 saturated carbocycles. The van der Waals surface area contributed by atoms with E-state index in [4.69, 9.17) is 14.7 Å². The van der Waals surface area contributed by atoms with Gasteiger partial charge >= 0.3 is 6.01 Å². The SMILES string of the molecule is Fc1c(-c2c[nH]c3cccc(C4CC4)c23)ccc2c(N3C[C@H]4CC[C@@H](C3)N4)nc(OCC34CCCN3CCC4)nc12. The summed E-state index contributed by atoms with van der Waals surface area (Å²) in [5.41, 5.74) is 4.32. The molecule has 5 aliphatic rings. The molecule has 41 heavy (non-hydrogen) atoms. The lowest BCUT2D eigenvalue weighted by molar-refractivity contribution is 0.108. The minimum absolute atomic E-state index is 0.0796. The number of hydrogen-bond acceptors (Lipinski definition) is 6.